The van der Waals surface area contributed by atoms with E-state index in [1.165, 1.54) is 0 Å². The van der Waals surface area contributed by atoms with Crippen LogP contribution in [0.3, 0.4) is 0 Å². The fourth-order valence-corrected chi connectivity index (χ4v) is 2.99. The molecule has 7 nitrogen and oxygen atoms in total. The smallest absolute Gasteiger partial charge is 0.274 e. The highest BCUT2D eigenvalue weighted by Gasteiger charge is 2.14. The summed E-state index contributed by atoms with van der Waals surface area (Å²) in [6.45, 7) is 5.65. The van der Waals surface area contributed by atoms with Crippen molar-refractivity contribution in [1.29, 1.82) is 0 Å². The van der Waals surface area contributed by atoms with Gasteiger partial charge in [0.05, 0.1) is 19.9 Å². The van der Waals surface area contributed by atoms with Crippen molar-refractivity contribution < 1.29 is 14.3 Å². The molecule has 0 bridgehead atoms. The second kappa shape index (κ2) is 8.60. The van der Waals surface area contributed by atoms with E-state index in [0.29, 0.717) is 28.8 Å². The van der Waals surface area contributed by atoms with Gasteiger partial charge in [0.25, 0.3) is 5.91 Å². The molecule has 0 atom stereocenters. The molecule has 1 amide bonds. The maximum absolute atomic E-state index is 12.8. The van der Waals surface area contributed by atoms with Crippen molar-refractivity contribution >= 4 is 23.1 Å². The van der Waals surface area contributed by atoms with Crippen LogP contribution < -0.4 is 20.1 Å². The summed E-state index contributed by atoms with van der Waals surface area (Å²) in [5.74, 6) is 1.96. The summed E-state index contributed by atoms with van der Waals surface area (Å²) in [4.78, 5) is 21.5. The number of hydrogen-bond donors (Lipinski definition) is 2. The number of amides is 1. The number of carbonyl (C=O) groups is 1. The van der Waals surface area contributed by atoms with Crippen LogP contribution in [0, 0.1) is 20.8 Å². The Hall–Kier alpha value is -3.61. The van der Waals surface area contributed by atoms with E-state index in [4.69, 9.17) is 9.47 Å². The van der Waals surface area contributed by atoms with Crippen molar-refractivity contribution in [3.05, 3.63) is 65.1 Å². The van der Waals surface area contributed by atoms with E-state index in [-0.39, 0.29) is 11.6 Å². The highest BCUT2D eigenvalue weighted by molar-refractivity contribution is 6.04. The summed E-state index contributed by atoms with van der Waals surface area (Å²) >= 11 is 0. The Morgan fingerprint density at radius 1 is 0.931 bits per heavy atom. The topological polar surface area (TPSA) is 85.4 Å². The summed E-state index contributed by atoms with van der Waals surface area (Å²) in [5, 5.41) is 6.14. The number of ether oxygens (including phenoxy) is 2. The second-order valence-electron chi connectivity index (χ2n) is 6.60. The number of nitrogens with zero attached hydrogens (tertiary/aromatic N) is 2. The molecular weight excluding hydrogens is 368 g/mol. The van der Waals surface area contributed by atoms with Gasteiger partial charge in [0, 0.05) is 17.8 Å². The summed E-state index contributed by atoms with van der Waals surface area (Å²) in [6, 6.07) is 12.9. The van der Waals surface area contributed by atoms with Gasteiger partial charge in [0.1, 0.15) is 28.8 Å². The van der Waals surface area contributed by atoms with Crippen molar-refractivity contribution in [1.82, 2.24) is 9.97 Å². The SMILES string of the molecule is COc1ccc(OC)c(Nc2cc(C(=O)Nc3c(C)cccc3C)nc(C)n2)c1. The third-order valence-corrected chi connectivity index (χ3v) is 4.46. The van der Waals surface area contributed by atoms with Crippen molar-refractivity contribution in [2.24, 2.45) is 0 Å². The zero-order chi connectivity index (χ0) is 21.0. The Balaban J connectivity index is 1.90. The quantitative estimate of drug-likeness (QED) is 0.646. The predicted molar refractivity (Wildman–Crippen MR) is 113 cm³/mol. The maximum Gasteiger partial charge on any atom is 0.274 e. The lowest BCUT2D eigenvalue weighted by Gasteiger charge is -2.14. The van der Waals surface area contributed by atoms with Crippen LogP contribution in [-0.2, 0) is 0 Å². The lowest BCUT2D eigenvalue weighted by atomic mass is 10.1. The Kier molecular flexibility index (Phi) is 5.97. The normalized spacial score (nSPS) is 10.4. The molecule has 0 radical (unpaired) electrons. The summed E-state index contributed by atoms with van der Waals surface area (Å²) in [6.07, 6.45) is 0. The Labute approximate surface area is 170 Å². The second-order valence-corrected chi connectivity index (χ2v) is 6.60. The molecule has 29 heavy (non-hydrogen) atoms. The van der Waals surface area contributed by atoms with E-state index in [1.807, 2.05) is 32.0 Å². The monoisotopic (exact) mass is 392 g/mol. The average molecular weight is 392 g/mol. The van der Waals surface area contributed by atoms with Gasteiger partial charge in [0.2, 0.25) is 0 Å². The predicted octanol–water partition coefficient (Wildman–Crippen LogP) is 4.41. The molecule has 2 aromatic carbocycles. The van der Waals surface area contributed by atoms with E-state index >= 15 is 0 Å². The summed E-state index contributed by atoms with van der Waals surface area (Å²) in [7, 11) is 3.18. The first-order chi connectivity index (χ1) is 13.9. The van der Waals surface area contributed by atoms with Crippen molar-refractivity contribution in [2.75, 3.05) is 24.9 Å². The number of anilines is 3. The van der Waals surface area contributed by atoms with Gasteiger partial charge in [-0.1, -0.05) is 18.2 Å². The molecule has 150 valence electrons. The molecule has 0 saturated carbocycles. The minimum atomic E-state index is -0.298. The highest BCUT2D eigenvalue weighted by Crippen LogP contribution is 2.31. The number of benzene rings is 2. The molecule has 0 aliphatic heterocycles. The molecule has 7 heteroatoms. The van der Waals surface area contributed by atoms with Gasteiger partial charge in [-0.3, -0.25) is 4.79 Å². The van der Waals surface area contributed by atoms with Gasteiger partial charge in [-0.25, -0.2) is 9.97 Å². The van der Waals surface area contributed by atoms with Crippen LogP contribution in [0.15, 0.2) is 42.5 Å². The van der Waals surface area contributed by atoms with Gasteiger partial charge in [0.15, 0.2) is 0 Å². The van der Waals surface area contributed by atoms with E-state index in [1.54, 1.807) is 45.4 Å². The van der Waals surface area contributed by atoms with Crippen LogP contribution in [0.25, 0.3) is 0 Å². The number of rotatable bonds is 6. The van der Waals surface area contributed by atoms with Crippen LogP contribution in [0.1, 0.15) is 27.4 Å². The van der Waals surface area contributed by atoms with Crippen LogP contribution in [-0.4, -0.2) is 30.1 Å². The third kappa shape index (κ3) is 4.63. The Bertz CT molecular complexity index is 1030. The maximum atomic E-state index is 12.8. The number of nitrogens with one attached hydrogen (secondary N) is 2. The number of para-hydroxylation sites is 1. The molecule has 0 unspecified atom stereocenters. The lowest BCUT2D eigenvalue weighted by molar-refractivity contribution is 0.102. The first-order valence-electron chi connectivity index (χ1n) is 9.13. The van der Waals surface area contributed by atoms with Crippen molar-refractivity contribution in [2.45, 2.75) is 20.8 Å². The first kappa shape index (κ1) is 20.1. The zero-order valence-corrected chi connectivity index (χ0v) is 17.2. The molecule has 0 aliphatic rings. The van der Waals surface area contributed by atoms with E-state index in [9.17, 15) is 4.79 Å². The van der Waals surface area contributed by atoms with Gasteiger partial charge in [-0.05, 0) is 44.0 Å². The Morgan fingerprint density at radius 2 is 1.66 bits per heavy atom. The molecule has 0 spiro atoms. The van der Waals surface area contributed by atoms with Crippen LogP contribution in [0.5, 0.6) is 11.5 Å². The van der Waals surface area contributed by atoms with Crippen molar-refractivity contribution in [3.63, 3.8) is 0 Å². The summed E-state index contributed by atoms with van der Waals surface area (Å²) in [5.41, 5.74) is 3.71. The highest BCUT2D eigenvalue weighted by atomic mass is 16.5. The van der Waals surface area contributed by atoms with Gasteiger partial charge >= 0.3 is 0 Å². The number of hydrogen-bond acceptors (Lipinski definition) is 6. The molecule has 0 fully saturated rings. The van der Waals surface area contributed by atoms with E-state index in [2.05, 4.69) is 20.6 Å². The molecular formula is C22H24N4O3. The average Bonchev–Trinajstić information content (AvgIpc) is 2.70. The number of aryl methyl sites for hydroxylation is 3. The fraction of sp³-hybridized carbons (Fsp3) is 0.227. The zero-order valence-electron chi connectivity index (χ0n) is 17.2. The van der Waals surface area contributed by atoms with E-state index < -0.39 is 0 Å². The van der Waals surface area contributed by atoms with Crippen LogP contribution in [0.2, 0.25) is 0 Å². The lowest BCUT2D eigenvalue weighted by Crippen LogP contribution is -2.16. The van der Waals surface area contributed by atoms with Gasteiger partial charge in [-0.2, -0.15) is 0 Å². The number of carbonyl (C=O) groups excluding carboxylic acids is 1. The number of methoxy groups -OCH3 is 2. The molecule has 1 heterocycles. The van der Waals surface area contributed by atoms with E-state index in [0.717, 1.165) is 16.8 Å². The van der Waals surface area contributed by atoms with Crippen molar-refractivity contribution in [3.8, 4) is 11.5 Å². The standard InChI is InChI=1S/C22H24N4O3/c1-13-7-6-8-14(2)21(13)26-22(27)18-12-20(24-15(3)23-18)25-17-11-16(28-4)9-10-19(17)29-5/h6-12H,1-5H3,(H,26,27)(H,23,24,25). The molecule has 0 saturated heterocycles. The van der Waals surface area contributed by atoms with Gasteiger partial charge < -0.3 is 20.1 Å². The largest absolute Gasteiger partial charge is 0.497 e. The molecule has 3 aromatic rings. The minimum absolute atomic E-state index is 0.268. The minimum Gasteiger partial charge on any atom is -0.497 e. The molecule has 3 rings (SSSR count). The third-order valence-electron chi connectivity index (χ3n) is 4.46. The molecule has 2 N–H and O–H groups in total. The summed E-state index contributed by atoms with van der Waals surface area (Å²) < 4.78 is 10.7. The molecule has 1 aromatic heterocycles. The fourth-order valence-electron chi connectivity index (χ4n) is 2.99. The Morgan fingerprint density at radius 3 is 2.31 bits per heavy atom. The first-order valence-corrected chi connectivity index (χ1v) is 9.13. The molecule has 0 aliphatic carbocycles. The number of aromatic nitrogens is 2. The van der Waals surface area contributed by atoms with Crippen LogP contribution >= 0.6 is 0 Å². The van der Waals surface area contributed by atoms with Gasteiger partial charge in [-0.15, -0.1) is 0 Å². The van der Waals surface area contributed by atoms with Crippen LogP contribution in [0.4, 0.5) is 17.2 Å².